The van der Waals surface area contributed by atoms with Crippen LogP contribution in [0.3, 0.4) is 0 Å². The van der Waals surface area contributed by atoms with Crippen molar-refractivity contribution in [3.8, 4) is 0 Å². The average molecular weight is 345 g/mol. The average Bonchev–Trinajstić information content (AvgIpc) is 2.55. The van der Waals surface area contributed by atoms with Crippen LogP contribution in [-0.4, -0.2) is 31.5 Å². The molecule has 1 amide bonds. The molecular formula is C20H32N4O. The highest BCUT2D eigenvalue weighted by Crippen LogP contribution is 2.43. The molecule has 0 radical (unpaired) electrons. The molecule has 1 aliphatic carbocycles. The van der Waals surface area contributed by atoms with Gasteiger partial charge in [-0.05, 0) is 55.7 Å². The molecule has 0 unspecified atom stereocenters. The smallest absolute Gasteiger partial charge is 0.221 e. The normalized spacial score (nSPS) is 16.0. The van der Waals surface area contributed by atoms with E-state index in [2.05, 4.69) is 41.9 Å². The summed E-state index contributed by atoms with van der Waals surface area (Å²) in [5.74, 6) is 0.870. The molecule has 1 saturated carbocycles. The number of hydrogen-bond acceptors (Lipinski definition) is 2. The van der Waals surface area contributed by atoms with Gasteiger partial charge in [-0.1, -0.05) is 25.5 Å². The Balaban J connectivity index is 1.81. The molecule has 0 aromatic heterocycles. The number of aliphatic imine (C=N–C) groups is 1. The van der Waals surface area contributed by atoms with Gasteiger partial charge in [-0.15, -0.1) is 0 Å². The third-order valence-electron chi connectivity index (χ3n) is 5.06. The monoisotopic (exact) mass is 344 g/mol. The van der Waals surface area contributed by atoms with Gasteiger partial charge in [0.15, 0.2) is 5.96 Å². The standard InChI is InChI=1S/C20H32N4O/c1-4-20(12-6-13-20)15-23-19(21-5-2)22-14-11-17-7-9-18(10-8-17)24-16(3)25/h7-10H,4-6,11-15H2,1-3H3,(H,24,25)(H2,21,22,23). The van der Waals surface area contributed by atoms with Crippen molar-refractivity contribution in [1.29, 1.82) is 0 Å². The number of nitrogens with zero attached hydrogens (tertiary/aromatic N) is 1. The second-order valence-corrected chi connectivity index (χ2v) is 6.96. The van der Waals surface area contributed by atoms with Crippen molar-refractivity contribution >= 4 is 17.6 Å². The van der Waals surface area contributed by atoms with Crippen LogP contribution in [0.25, 0.3) is 0 Å². The van der Waals surface area contributed by atoms with Crippen molar-refractivity contribution in [1.82, 2.24) is 10.6 Å². The van der Waals surface area contributed by atoms with E-state index in [-0.39, 0.29) is 5.91 Å². The lowest BCUT2D eigenvalue weighted by atomic mass is 9.67. The summed E-state index contributed by atoms with van der Waals surface area (Å²) in [4.78, 5) is 15.8. The number of nitrogens with one attached hydrogen (secondary N) is 3. The Hall–Kier alpha value is -2.04. The predicted molar refractivity (Wildman–Crippen MR) is 105 cm³/mol. The van der Waals surface area contributed by atoms with Crippen molar-refractivity contribution in [2.24, 2.45) is 10.4 Å². The second kappa shape index (κ2) is 9.44. The van der Waals surface area contributed by atoms with Crippen molar-refractivity contribution in [2.75, 3.05) is 25.0 Å². The van der Waals surface area contributed by atoms with E-state index >= 15 is 0 Å². The molecule has 1 fully saturated rings. The molecule has 25 heavy (non-hydrogen) atoms. The van der Waals surface area contributed by atoms with E-state index in [0.29, 0.717) is 5.41 Å². The number of carbonyl (C=O) groups is 1. The van der Waals surface area contributed by atoms with Crippen LogP contribution in [0.5, 0.6) is 0 Å². The Kier molecular flexibility index (Phi) is 7.29. The van der Waals surface area contributed by atoms with E-state index in [4.69, 9.17) is 4.99 Å². The fourth-order valence-electron chi connectivity index (χ4n) is 3.17. The topological polar surface area (TPSA) is 65.5 Å². The minimum Gasteiger partial charge on any atom is -0.357 e. The largest absolute Gasteiger partial charge is 0.357 e. The summed E-state index contributed by atoms with van der Waals surface area (Å²) in [6.45, 7) is 8.52. The van der Waals surface area contributed by atoms with Crippen LogP contribution in [0.15, 0.2) is 29.3 Å². The highest BCUT2D eigenvalue weighted by atomic mass is 16.1. The zero-order valence-electron chi connectivity index (χ0n) is 15.8. The van der Waals surface area contributed by atoms with E-state index in [1.165, 1.54) is 38.2 Å². The molecule has 138 valence electrons. The molecule has 5 nitrogen and oxygen atoms in total. The van der Waals surface area contributed by atoms with Crippen LogP contribution < -0.4 is 16.0 Å². The van der Waals surface area contributed by atoms with Gasteiger partial charge in [0.2, 0.25) is 5.91 Å². The number of rotatable bonds is 8. The fraction of sp³-hybridized carbons (Fsp3) is 0.600. The summed E-state index contributed by atoms with van der Waals surface area (Å²) in [6.07, 6.45) is 6.11. The summed E-state index contributed by atoms with van der Waals surface area (Å²) >= 11 is 0. The van der Waals surface area contributed by atoms with Gasteiger partial charge in [0.05, 0.1) is 0 Å². The molecule has 3 N–H and O–H groups in total. The SMILES string of the molecule is CCNC(=NCC1(CC)CCC1)NCCc1ccc(NC(C)=O)cc1. The Morgan fingerprint density at radius 2 is 1.88 bits per heavy atom. The van der Waals surface area contributed by atoms with Gasteiger partial charge in [-0.2, -0.15) is 0 Å². The first-order chi connectivity index (χ1) is 12.1. The maximum absolute atomic E-state index is 11.0. The van der Waals surface area contributed by atoms with Gasteiger partial charge in [0.25, 0.3) is 0 Å². The van der Waals surface area contributed by atoms with Gasteiger partial charge in [0, 0.05) is 32.2 Å². The van der Waals surface area contributed by atoms with Crippen LogP contribution in [0.1, 0.15) is 52.0 Å². The summed E-state index contributed by atoms with van der Waals surface area (Å²) < 4.78 is 0. The van der Waals surface area contributed by atoms with Crippen LogP contribution in [0.2, 0.25) is 0 Å². The number of carbonyl (C=O) groups excluding carboxylic acids is 1. The van der Waals surface area contributed by atoms with E-state index in [9.17, 15) is 4.79 Å². The maximum Gasteiger partial charge on any atom is 0.221 e. The molecule has 0 spiro atoms. The van der Waals surface area contributed by atoms with Crippen molar-refractivity contribution < 1.29 is 4.79 Å². The summed E-state index contributed by atoms with van der Waals surface area (Å²) in [6, 6.07) is 7.99. The lowest BCUT2D eigenvalue weighted by Crippen LogP contribution is -2.40. The van der Waals surface area contributed by atoms with Crippen LogP contribution in [-0.2, 0) is 11.2 Å². The van der Waals surface area contributed by atoms with Gasteiger partial charge in [0.1, 0.15) is 0 Å². The Morgan fingerprint density at radius 3 is 2.40 bits per heavy atom. The Bertz CT molecular complexity index is 570. The van der Waals surface area contributed by atoms with Gasteiger partial charge >= 0.3 is 0 Å². The van der Waals surface area contributed by atoms with Crippen molar-refractivity contribution in [2.45, 2.75) is 52.9 Å². The maximum atomic E-state index is 11.0. The number of amides is 1. The first-order valence-electron chi connectivity index (χ1n) is 9.45. The van der Waals surface area contributed by atoms with Crippen molar-refractivity contribution in [3.05, 3.63) is 29.8 Å². The first-order valence-corrected chi connectivity index (χ1v) is 9.45. The van der Waals surface area contributed by atoms with E-state index < -0.39 is 0 Å². The van der Waals surface area contributed by atoms with E-state index in [1.807, 2.05) is 12.1 Å². The van der Waals surface area contributed by atoms with Crippen LogP contribution in [0.4, 0.5) is 5.69 Å². The summed E-state index contributed by atoms with van der Waals surface area (Å²) in [7, 11) is 0. The van der Waals surface area contributed by atoms with Crippen LogP contribution >= 0.6 is 0 Å². The lowest BCUT2D eigenvalue weighted by Gasteiger charge is -2.40. The molecule has 0 heterocycles. The predicted octanol–water partition coefficient (Wildman–Crippen LogP) is 3.32. The van der Waals surface area contributed by atoms with Crippen LogP contribution in [0, 0.1) is 5.41 Å². The fourth-order valence-corrected chi connectivity index (χ4v) is 3.17. The summed E-state index contributed by atoms with van der Waals surface area (Å²) in [5.41, 5.74) is 2.52. The minimum atomic E-state index is -0.0442. The zero-order chi connectivity index (χ0) is 18.1. The van der Waals surface area contributed by atoms with E-state index in [0.717, 1.165) is 37.7 Å². The molecule has 0 bridgehead atoms. The highest BCUT2D eigenvalue weighted by molar-refractivity contribution is 5.88. The van der Waals surface area contributed by atoms with Gasteiger partial charge < -0.3 is 16.0 Å². The first kappa shape index (κ1) is 19.3. The molecule has 0 saturated heterocycles. The molecule has 0 atom stereocenters. The van der Waals surface area contributed by atoms with Gasteiger partial charge in [-0.25, -0.2) is 0 Å². The molecule has 1 aromatic rings. The zero-order valence-corrected chi connectivity index (χ0v) is 15.8. The second-order valence-electron chi connectivity index (χ2n) is 6.96. The number of anilines is 1. The Morgan fingerprint density at radius 1 is 1.16 bits per heavy atom. The molecule has 2 rings (SSSR count). The molecule has 1 aliphatic rings. The molecule has 5 heteroatoms. The third-order valence-corrected chi connectivity index (χ3v) is 5.06. The molecular weight excluding hydrogens is 312 g/mol. The highest BCUT2D eigenvalue weighted by Gasteiger charge is 2.34. The molecule has 1 aromatic carbocycles. The molecule has 0 aliphatic heterocycles. The quantitative estimate of drug-likeness (QED) is 0.501. The number of benzene rings is 1. The lowest BCUT2D eigenvalue weighted by molar-refractivity contribution is -0.114. The van der Waals surface area contributed by atoms with E-state index in [1.54, 1.807) is 0 Å². The Labute approximate surface area is 151 Å². The minimum absolute atomic E-state index is 0.0442. The number of guanidine groups is 1. The van der Waals surface area contributed by atoms with Crippen molar-refractivity contribution in [3.63, 3.8) is 0 Å². The summed E-state index contributed by atoms with van der Waals surface area (Å²) in [5, 5.41) is 9.55. The third kappa shape index (κ3) is 6.07. The van der Waals surface area contributed by atoms with Gasteiger partial charge in [-0.3, -0.25) is 9.79 Å². The number of hydrogen-bond donors (Lipinski definition) is 3.